The largest absolute Gasteiger partial charge is 0.497 e. The third-order valence-corrected chi connectivity index (χ3v) is 10.7. The van der Waals surface area contributed by atoms with E-state index in [0.29, 0.717) is 10.8 Å². The summed E-state index contributed by atoms with van der Waals surface area (Å²) in [7, 11) is -5.18. The normalized spacial score (nSPS) is 18.3. The van der Waals surface area contributed by atoms with Gasteiger partial charge in [-0.1, -0.05) is 24.6 Å². The van der Waals surface area contributed by atoms with Crippen molar-refractivity contribution in [1.29, 1.82) is 0 Å². The number of hydrogen-bond donors (Lipinski definition) is 2. The van der Waals surface area contributed by atoms with Gasteiger partial charge in [0.05, 0.1) is 47.3 Å². The number of ether oxygens (including phenoxy) is 2. The molecule has 0 fully saturated rings. The summed E-state index contributed by atoms with van der Waals surface area (Å²) < 4.78 is 68.6. The first-order valence-electron chi connectivity index (χ1n) is 13.4. The van der Waals surface area contributed by atoms with Crippen molar-refractivity contribution in [1.82, 2.24) is 9.21 Å². The zero-order chi connectivity index (χ0) is 31.5. The zero-order valence-electron chi connectivity index (χ0n) is 24.1. The Morgan fingerprint density at radius 1 is 1.07 bits per heavy atom. The number of fused-ring (bicyclic) bond motifs is 1. The number of amides is 1. The second kappa shape index (κ2) is 13.1. The molecule has 0 aromatic heterocycles. The van der Waals surface area contributed by atoms with Crippen LogP contribution in [0.25, 0.3) is 0 Å². The summed E-state index contributed by atoms with van der Waals surface area (Å²) in [5.74, 6) is -0.437. The molecule has 1 amide bonds. The first-order valence-corrected chi connectivity index (χ1v) is 16.7. The van der Waals surface area contributed by atoms with Gasteiger partial charge < -0.3 is 19.5 Å². The number of aliphatic hydroxyl groups excluding tert-OH is 1. The Balaban J connectivity index is 1.74. The zero-order valence-corrected chi connectivity index (χ0v) is 26.5. The number of benzene rings is 3. The van der Waals surface area contributed by atoms with Crippen LogP contribution in [0.5, 0.6) is 11.5 Å². The molecule has 0 saturated heterocycles. The summed E-state index contributed by atoms with van der Waals surface area (Å²) in [5, 5.41) is 10.3. The number of halogens is 1. The van der Waals surface area contributed by atoms with Crippen LogP contribution in [-0.4, -0.2) is 83.1 Å². The van der Waals surface area contributed by atoms with Gasteiger partial charge in [0.1, 0.15) is 11.9 Å². The second-order valence-corrected chi connectivity index (χ2v) is 14.5. The van der Waals surface area contributed by atoms with Crippen molar-refractivity contribution in [3.05, 3.63) is 77.3 Å². The highest BCUT2D eigenvalue weighted by Gasteiger charge is 2.36. The van der Waals surface area contributed by atoms with Crippen molar-refractivity contribution >= 4 is 43.2 Å². The summed E-state index contributed by atoms with van der Waals surface area (Å²) in [6.07, 6.45) is -0.820. The Hall–Kier alpha value is -3.36. The molecule has 0 radical (unpaired) electrons. The lowest BCUT2D eigenvalue weighted by Crippen LogP contribution is -2.50. The number of para-hydroxylation sites is 1. The number of carbonyl (C=O) groups excluding carboxylic acids is 1. The van der Waals surface area contributed by atoms with Gasteiger partial charge in [-0.15, -0.1) is 0 Å². The van der Waals surface area contributed by atoms with E-state index in [4.69, 9.17) is 21.1 Å². The highest BCUT2D eigenvalue weighted by Crippen LogP contribution is 2.36. The lowest BCUT2D eigenvalue weighted by molar-refractivity contribution is 0.0389. The van der Waals surface area contributed by atoms with Crippen molar-refractivity contribution in [2.45, 2.75) is 35.8 Å². The average molecular weight is 652 g/mol. The Kier molecular flexibility index (Phi) is 9.92. The van der Waals surface area contributed by atoms with E-state index < -0.39 is 44.0 Å². The Morgan fingerprint density at radius 3 is 2.30 bits per heavy atom. The fourth-order valence-electron chi connectivity index (χ4n) is 4.64. The van der Waals surface area contributed by atoms with Crippen LogP contribution in [0.15, 0.2) is 76.5 Å². The Morgan fingerprint density at radius 2 is 1.70 bits per heavy atom. The van der Waals surface area contributed by atoms with E-state index in [1.165, 1.54) is 73.7 Å². The van der Waals surface area contributed by atoms with Gasteiger partial charge in [0.25, 0.3) is 15.9 Å². The Bertz CT molecular complexity index is 1670. The number of likely N-dealkylation sites (N-methyl/N-ethyl adjacent to an activating group) is 1. The first-order chi connectivity index (χ1) is 20.3. The molecule has 0 bridgehead atoms. The number of sulfonamides is 2. The minimum absolute atomic E-state index is 0.00262. The average Bonchev–Trinajstić information content (AvgIpc) is 2.98. The van der Waals surface area contributed by atoms with Crippen LogP contribution in [-0.2, 0) is 20.0 Å². The summed E-state index contributed by atoms with van der Waals surface area (Å²) in [6, 6.07) is 15.4. The van der Waals surface area contributed by atoms with Gasteiger partial charge in [0, 0.05) is 24.5 Å². The minimum Gasteiger partial charge on any atom is -0.497 e. The number of nitrogens with zero attached hydrogens (tertiary/aromatic N) is 2. The van der Waals surface area contributed by atoms with Crippen molar-refractivity contribution in [2.75, 3.05) is 38.6 Å². The maximum Gasteiger partial charge on any atom is 0.262 e. The molecule has 0 spiro atoms. The fraction of sp³-hybridized carbons (Fsp3) is 0.345. The molecule has 4 rings (SSSR count). The number of carbonyl (C=O) groups is 1. The summed E-state index contributed by atoms with van der Waals surface area (Å²) in [6.45, 7) is 3.21. The number of nitrogens with one attached hydrogen (secondary N) is 1. The topological polar surface area (TPSA) is 143 Å². The van der Waals surface area contributed by atoms with Crippen LogP contribution in [0.4, 0.5) is 5.69 Å². The molecule has 14 heteroatoms. The molecule has 2 N–H and O–H groups in total. The molecule has 43 heavy (non-hydrogen) atoms. The molecule has 11 nitrogen and oxygen atoms in total. The number of rotatable bonds is 10. The third kappa shape index (κ3) is 7.07. The molecular formula is C29H34ClN3O8S2. The Labute approximate surface area is 257 Å². The van der Waals surface area contributed by atoms with Crippen molar-refractivity contribution in [3.63, 3.8) is 0 Å². The SMILES string of the molecule is COc1ccc(S(=O)(=O)N(C)C[C@@H]2Oc3c(NS(=O)(=O)c4ccc(Cl)cc4)cccc3C(=O)N([C@@H](C)CO)C[C@H]2C)cc1. The molecule has 3 atom stereocenters. The molecule has 232 valence electrons. The maximum absolute atomic E-state index is 13.7. The smallest absolute Gasteiger partial charge is 0.262 e. The quantitative estimate of drug-likeness (QED) is 0.338. The van der Waals surface area contributed by atoms with Crippen molar-refractivity contribution in [2.24, 2.45) is 5.92 Å². The predicted octanol–water partition coefficient (Wildman–Crippen LogP) is 3.69. The van der Waals surface area contributed by atoms with Crippen molar-refractivity contribution < 1.29 is 36.2 Å². The van der Waals surface area contributed by atoms with E-state index in [1.807, 2.05) is 0 Å². The van der Waals surface area contributed by atoms with E-state index >= 15 is 0 Å². The summed E-state index contributed by atoms with van der Waals surface area (Å²) in [5.41, 5.74) is 0.0614. The molecule has 0 saturated carbocycles. The van der Waals surface area contributed by atoms with Crippen LogP contribution in [0.2, 0.25) is 5.02 Å². The van der Waals surface area contributed by atoms with Crippen LogP contribution in [0.1, 0.15) is 24.2 Å². The predicted molar refractivity (Wildman–Crippen MR) is 163 cm³/mol. The molecule has 1 heterocycles. The number of methoxy groups -OCH3 is 1. The molecular weight excluding hydrogens is 618 g/mol. The summed E-state index contributed by atoms with van der Waals surface area (Å²) in [4.78, 5) is 15.2. The lowest BCUT2D eigenvalue weighted by atomic mass is 9.99. The number of aliphatic hydroxyl groups is 1. The van der Waals surface area contributed by atoms with E-state index in [-0.39, 0.29) is 46.5 Å². The molecule has 0 aliphatic carbocycles. The highest BCUT2D eigenvalue weighted by atomic mass is 35.5. The van der Waals surface area contributed by atoms with Gasteiger partial charge in [0.2, 0.25) is 10.0 Å². The van der Waals surface area contributed by atoms with Gasteiger partial charge in [0.15, 0.2) is 5.75 Å². The lowest BCUT2D eigenvalue weighted by Gasteiger charge is -2.38. The van der Waals surface area contributed by atoms with Crippen LogP contribution in [0.3, 0.4) is 0 Å². The van der Waals surface area contributed by atoms with Gasteiger partial charge in [-0.3, -0.25) is 9.52 Å². The van der Waals surface area contributed by atoms with E-state index in [2.05, 4.69) is 4.72 Å². The van der Waals surface area contributed by atoms with E-state index in [9.17, 15) is 26.7 Å². The summed E-state index contributed by atoms with van der Waals surface area (Å²) >= 11 is 5.93. The number of anilines is 1. The molecule has 0 unspecified atom stereocenters. The van der Waals surface area contributed by atoms with E-state index in [0.717, 1.165) is 4.31 Å². The molecule has 1 aliphatic rings. The van der Waals surface area contributed by atoms with Gasteiger partial charge in [-0.2, -0.15) is 4.31 Å². The van der Waals surface area contributed by atoms with Crippen LogP contribution in [0, 0.1) is 5.92 Å². The molecule has 3 aromatic rings. The van der Waals surface area contributed by atoms with Gasteiger partial charge in [-0.05, 0) is 67.6 Å². The van der Waals surface area contributed by atoms with Crippen LogP contribution < -0.4 is 14.2 Å². The maximum atomic E-state index is 13.7. The van der Waals surface area contributed by atoms with Crippen LogP contribution >= 0.6 is 11.6 Å². The van der Waals surface area contributed by atoms with Gasteiger partial charge >= 0.3 is 0 Å². The van der Waals surface area contributed by atoms with E-state index in [1.54, 1.807) is 26.0 Å². The highest BCUT2D eigenvalue weighted by molar-refractivity contribution is 7.92. The van der Waals surface area contributed by atoms with Gasteiger partial charge in [-0.25, -0.2) is 16.8 Å². The molecule has 3 aromatic carbocycles. The first kappa shape index (κ1) is 32.6. The third-order valence-electron chi connectivity index (χ3n) is 7.26. The number of hydrogen-bond acceptors (Lipinski definition) is 8. The monoisotopic (exact) mass is 651 g/mol. The second-order valence-electron chi connectivity index (χ2n) is 10.3. The standard InChI is InChI=1S/C29H34ClN3O8S2/c1-19-16-33(20(2)18-34)29(35)25-6-5-7-26(31-42(36,37)23-12-8-21(30)9-13-23)28(25)41-27(19)17-32(3)43(38,39)24-14-10-22(40-4)11-15-24/h5-15,19-20,27,31,34H,16-18H2,1-4H3/t19-,20+,27+/m1/s1. The van der Waals surface area contributed by atoms with Crippen molar-refractivity contribution in [3.8, 4) is 11.5 Å². The fourth-order valence-corrected chi connectivity index (χ4v) is 7.01. The minimum atomic E-state index is -4.13. The molecule has 1 aliphatic heterocycles.